The van der Waals surface area contributed by atoms with Crippen LogP contribution in [0.15, 0.2) is 12.3 Å². The Morgan fingerprint density at radius 3 is 2.58 bits per heavy atom. The molecule has 3 heterocycles. The summed E-state index contributed by atoms with van der Waals surface area (Å²) in [6.45, 7) is 3.62. The predicted octanol–water partition coefficient (Wildman–Crippen LogP) is 2.16. The molecular weight excluding hydrogens is 302 g/mol. The van der Waals surface area contributed by atoms with Gasteiger partial charge in [0, 0.05) is 46.5 Å². The van der Waals surface area contributed by atoms with E-state index in [0.29, 0.717) is 11.9 Å². The van der Waals surface area contributed by atoms with Gasteiger partial charge in [0.1, 0.15) is 5.82 Å². The number of carbonyl (C=O) groups excluding carboxylic acids is 1. The van der Waals surface area contributed by atoms with Crippen LogP contribution in [0.5, 0.6) is 0 Å². The molecule has 0 radical (unpaired) electrons. The second-order valence-corrected chi connectivity index (χ2v) is 7.13. The Labute approximate surface area is 144 Å². The lowest BCUT2D eigenvalue weighted by atomic mass is 9.96. The van der Waals surface area contributed by atoms with Crippen molar-refractivity contribution in [1.29, 1.82) is 0 Å². The molecule has 6 nitrogen and oxygen atoms in total. The van der Waals surface area contributed by atoms with Crippen molar-refractivity contribution in [2.24, 2.45) is 5.92 Å². The van der Waals surface area contributed by atoms with Gasteiger partial charge in [0.05, 0.1) is 5.92 Å². The highest BCUT2D eigenvalue weighted by atomic mass is 16.2. The molecule has 1 aromatic heterocycles. The summed E-state index contributed by atoms with van der Waals surface area (Å²) in [7, 11) is 3.89. The molecule has 1 atom stereocenters. The third-order valence-corrected chi connectivity index (χ3v) is 5.04. The van der Waals surface area contributed by atoms with Crippen molar-refractivity contribution < 1.29 is 4.79 Å². The van der Waals surface area contributed by atoms with Crippen LogP contribution in [0.4, 0.5) is 11.8 Å². The normalized spacial score (nSPS) is 22.2. The van der Waals surface area contributed by atoms with Crippen molar-refractivity contribution in [1.82, 2.24) is 14.9 Å². The van der Waals surface area contributed by atoms with Gasteiger partial charge in [-0.25, -0.2) is 4.98 Å². The number of rotatable bonds is 3. The topological polar surface area (TPSA) is 52.6 Å². The van der Waals surface area contributed by atoms with E-state index in [9.17, 15) is 4.79 Å². The lowest BCUT2D eigenvalue weighted by Crippen LogP contribution is -2.45. The lowest BCUT2D eigenvalue weighted by molar-refractivity contribution is -0.135. The van der Waals surface area contributed by atoms with E-state index in [2.05, 4.69) is 19.8 Å². The molecule has 0 aromatic carbocycles. The number of aromatic nitrogens is 2. The highest BCUT2D eigenvalue weighted by molar-refractivity contribution is 5.79. The zero-order chi connectivity index (χ0) is 16.9. The smallest absolute Gasteiger partial charge is 0.227 e. The van der Waals surface area contributed by atoms with E-state index >= 15 is 0 Å². The van der Waals surface area contributed by atoms with Gasteiger partial charge in [-0.3, -0.25) is 4.79 Å². The Morgan fingerprint density at radius 2 is 1.88 bits per heavy atom. The minimum absolute atomic E-state index is 0.106. The van der Waals surface area contributed by atoms with Crippen LogP contribution in [0.1, 0.15) is 38.5 Å². The monoisotopic (exact) mass is 331 g/mol. The van der Waals surface area contributed by atoms with Gasteiger partial charge >= 0.3 is 0 Å². The summed E-state index contributed by atoms with van der Waals surface area (Å²) in [4.78, 5) is 28.1. The van der Waals surface area contributed by atoms with Gasteiger partial charge in [-0.2, -0.15) is 4.98 Å². The van der Waals surface area contributed by atoms with Crippen molar-refractivity contribution in [3.8, 4) is 0 Å². The second-order valence-electron chi connectivity index (χ2n) is 7.13. The van der Waals surface area contributed by atoms with Crippen molar-refractivity contribution in [3.63, 3.8) is 0 Å². The number of anilines is 2. The molecule has 0 bridgehead atoms. The number of nitrogens with zero attached hydrogens (tertiary/aromatic N) is 5. The van der Waals surface area contributed by atoms with E-state index in [0.717, 1.165) is 57.7 Å². The molecule has 6 heteroatoms. The maximum Gasteiger partial charge on any atom is 0.227 e. The molecule has 24 heavy (non-hydrogen) atoms. The molecule has 0 unspecified atom stereocenters. The Balaban J connectivity index is 1.67. The van der Waals surface area contributed by atoms with Crippen LogP contribution in [0.25, 0.3) is 0 Å². The average Bonchev–Trinajstić information content (AvgIpc) is 2.90. The maximum atomic E-state index is 12.9. The molecule has 2 aliphatic heterocycles. The van der Waals surface area contributed by atoms with Crippen LogP contribution in [-0.4, -0.2) is 61.0 Å². The molecule has 1 aromatic rings. The Morgan fingerprint density at radius 1 is 1.12 bits per heavy atom. The van der Waals surface area contributed by atoms with E-state index in [-0.39, 0.29) is 5.92 Å². The minimum Gasteiger partial charge on any atom is -0.356 e. The Kier molecular flexibility index (Phi) is 5.53. The third-order valence-electron chi connectivity index (χ3n) is 5.04. The second kappa shape index (κ2) is 7.81. The summed E-state index contributed by atoms with van der Waals surface area (Å²) in [5.74, 6) is 2.11. The molecule has 0 aliphatic carbocycles. The summed E-state index contributed by atoms with van der Waals surface area (Å²) < 4.78 is 0. The first kappa shape index (κ1) is 17.0. The van der Waals surface area contributed by atoms with Gasteiger partial charge in [0.15, 0.2) is 0 Å². The fraction of sp³-hybridized carbons (Fsp3) is 0.722. The first-order chi connectivity index (χ1) is 11.6. The van der Waals surface area contributed by atoms with Crippen LogP contribution in [0.2, 0.25) is 0 Å². The fourth-order valence-corrected chi connectivity index (χ4v) is 3.67. The Bertz CT molecular complexity index is 554. The van der Waals surface area contributed by atoms with Gasteiger partial charge in [-0.05, 0) is 31.7 Å². The first-order valence-electron chi connectivity index (χ1n) is 9.19. The van der Waals surface area contributed by atoms with E-state index in [1.54, 1.807) is 6.20 Å². The van der Waals surface area contributed by atoms with Crippen LogP contribution < -0.4 is 9.80 Å². The van der Waals surface area contributed by atoms with Crippen LogP contribution in [0, 0.1) is 5.92 Å². The van der Waals surface area contributed by atoms with Crippen LogP contribution in [-0.2, 0) is 4.79 Å². The molecule has 0 saturated carbocycles. The number of amides is 1. The van der Waals surface area contributed by atoms with Gasteiger partial charge in [-0.15, -0.1) is 0 Å². The summed E-state index contributed by atoms with van der Waals surface area (Å²) >= 11 is 0. The number of hydrogen-bond donors (Lipinski definition) is 0. The molecule has 3 rings (SSSR count). The maximum absolute atomic E-state index is 12.9. The molecular formula is C18H29N5O. The number of carbonyl (C=O) groups is 1. The highest BCUT2D eigenvalue weighted by Gasteiger charge is 2.30. The fourth-order valence-electron chi connectivity index (χ4n) is 3.67. The molecule has 0 N–H and O–H groups in total. The quantitative estimate of drug-likeness (QED) is 0.849. The van der Waals surface area contributed by atoms with Crippen LogP contribution >= 0.6 is 0 Å². The van der Waals surface area contributed by atoms with Gasteiger partial charge in [0.2, 0.25) is 11.9 Å². The SMILES string of the molecule is CN(C)c1nccc(N2CCC[C@@H](C(=O)N3CCCCCC3)C2)n1. The molecule has 0 spiro atoms. The van der Waals surface area contributed by atoms with E-state index in [1.807, 2.05) is 25.1 Å². The lowest BCUT2D eigenvalue weighted by Gasteiger charge is -2.35. The van der Waals surface area contributed by atoms with Crippen molar-refractivity contribution in [3.05, 3.63) is 12.3 Å². The molecule has 2 aliphatic rings. The van der Waals surface area contributed by atoms with E-state index in [1.165, 1.54) is 12.8 Å². The van der Waals surface area contributed by atoms with Crippen molar-refractivity contribution >= 4 is 17.7 Å². The van der Waals surface area contributed by atoms with Crippen molar-refractivity contribution in [2.75, 3.05) is 50.1 Å². The van der Waals surface area contributed by atoms with Gasteiger partial charge in [-0.1, -0.05) is 12.8 Å². The van der Waals surface area contributed by atoms with E-state index < -0.39 is 0 Å². The molecule has 2 saturated heterocycles. The standard InChI is InChI=1S/C18H29N5O/c1-21(2)18-19-10-9-16(20-18)23-13-7-8-15(14-23)17(24)22-11-5-3-4-6-12-22/h9-10,15H,3-8,11-14H2,1-2H3/t15-/m1/s1. The number of piperidine rings is 1. The zero-order valence-electron chi connectivity index (χ0n) is 14.9. The molecule has 1 amide bonds. The summed E-state index contributed by atoms with van der Waals surface area (Å²) in [6, 6.07) is 1.95. The highest BCUT2D eigenvalue weighted by Crippen LogP contribution is 2.25. The number of hydrogen-bond acceptors (Lipinski definition) is 5. The molecule has 2 fully saturated rings. The summed E-state index contributed by atoms with van der Waals surface area (Å²) in [6.07, 6.45) is 8.67. The summed E-state index contributed by atoms with van der Waals surface area (Å²) in [5.41, 5.74) is 0. The van der Waals surface area contributed by atoms with Gasteiger partial charge < -0.3 is 14.7 Å². The predicted molar refractivity (Wildman–Crippen MR) is 96.3 cm³/mol. The molecule has 132 valence electrons. The summed E-state index contributed by atoms with van der Waals surface area (Å²) in [5, 5.41) is 0. The third kappa shape index (κ3) is 3.97. The largest absolute Gasteiger partial charge is 0.356 e. The van der Waals surface area contributed by atoms with Gasteiger partial charge in [0.25, 0.3) is 0 Å². The van der Waals surface area contributed by atoms with Crippen LogP contribution in [0.3, 0.4) is 0 Å². The average molecular weight is 331 g/mol. The minimum atomic E-state index is 0.106. The van der Waals surface area contributed by atoms with E-state index in [4.69, 9.17) is 0 Å². The van der Waals surface area contributed by atoms with Crippen molar-refractivity contribution in [2.45, 2.75) is 38.5 Å². The zero-order valence-corrected chi connectivity index (χ0v) is 14.9. The first-order valence-corrected chi connectivity index (χ1v) is 9.19. The number of likely N-dealkylation sites (tertiary alicyclic amines) is 1. The Hall–Kier alpha value is -1.85.